The SMILES string of the molecule is N.NCC(O)C1CCc2cc(F)ccc2O1. The van der Waals surface area contributed by atoms with Crippen LogP contribution in [0.15, 0.2) is 18.2 Å². The van der Waals surface area contributed by atoms with Crippen molar-refractivity contribution in [2.75, 3.05) is 6.54 Å². The van der Waals surface area contributed by atoms with Crippen molar-refractivity contribution in [3.8, 4) is 5.75 Å². The topological polar surface area (TPSA) is 90.5 Å². The first kappa shape index (κ1) is 12.9. The molecule has 6 N–H and O–H groups in total. The number of aryl methyl sites for hydroxylation is 1. The number of rotatable bonds is 2. The number of aliphatic hydroxyl groups is 1. The quantitative estimate of drug-likeness (QED) is 0.704. The Kier molecular flexibility index (Phi) is 4.23. The van der Waals surface area contributed by atoms with Gasteiger partial charge in [-0.1, -0.05) is 0 Å². The van der Waals surface area contributed by atoms with E-state index >= 15 is 0 Å². The molecule has 4 nitrogen and oxygen atoms in total. The summed E-state index contributed by atoms with van der Waals surface area (Å²) >= 11 is 0. The highest BCUT2D eigenvalue weighted by molar-refractivity contribution is 5.35. The molecule has 0 saturated heterocycles. The summed E-state index contributed by atoms with van der Waals surface area (Å²) in [5, 5.41) is 9.54. The molecule has 0 spiro atoms. The molecule has 0 aromatic heterocycles. The van der Waals surface area contributed by atoms with Crippen LogP contribution in [-0.4, -0.2) is 23.9 Å². The largest absolute Gasteiger partial charge is 0.487 e. The first-order valence-corrected chi connectivity index (χ1v) is 5.04. The Balaban J connectivity index is 0.00000128. The molecule has 0 fully saturated rings. The number of hydrogen-bond acceptors (Lipinski definition) is 4. The maximum absolute atomic E-state index is 12.9. The maximum Gasteiger partial charge on any atom is 0.126 e. The lowest BCUT2D eigenvalue weighted by molar-refractivity contribution is 0.0296. The number of fused-ring (bicyclic) bond motifs is 1. The summed E-state index contributed by atoms with van der Waals surface area (Å²) in [5.74, 6) is 0.398. The van der Waals surface area contributed by atoms with Gasteiger partial charge < -0.3 is 21.7 Å². The second-order valence-electron chi connectivity index (χ2n) is 3.75. The summed E-state index contributed by atoms with van der Waals surface area (Å²) in [4.78, 5) is 0. The second kappa shape index (κ2) is 5.25. The maximum atomic E-state index is 12.9. The van der Waals surface area contributed by atoms with Crippen LogP contribution in [0.25, 0.3) is 0 Å². The minimum atomic E-state index is -0.650. The van der Waals surface area contributed by atoms with Gasteiger partial charge in [-0.25, -0.2) is 4.39 Å². The minimum Gasteiger partial charge on any atom is -0.487 e. The number of benzene rings is 1. The van der Waals surface area contributed by atoms with Crippen LogP contribution in [0.1, 0.15) is 12.0 Å². The summed E-state index contributed by atoms with van der Waals surface area (Å²) in [6.07, 6.45) is 0.472. The van der Waals surface area contributed by atoms with Gasteiger partial charge in [-0.15, -0.1) is 0 Å². The van der Waals surface area contributed by atoms with E-state index in [9.17, 15) is 9.50 Å². The van der Waals surface area contributed by atoms with Gasteiger partial charge in [-0.2, -0.15) is 0 Å². The summed E-state index contributed by atoms with van der Waals surface area (Å²) in [6.45, 7) is 0.182. The van der Waals surface area contributed by atoms with E-state index in [4.69, 9.17) is 10.5 Å². The van der Waals surface area contributed by atoms with Gasteiger partial charge in [0.2, 0.25) is 0 Å². The first-order valence-electron chi connectivity index (χ1n) is 5.04. The predicted octanol–water partition coefficient (Wildman–Crippen LogP) is 1.00. The average molecular weight is 228 g/mol. The van der Waals surface area contributed by atoms with E-state index in [1.807, 2.05) is 0 Å². The van der Waals surface area contributed by atoms with Gasteiger partial charge in [-0.05, 0) is 36.6 Å². The second-order valence-corrected chi connectivity index (χ2v) is 3.75. The van der Waals surface area contributed by atoms with Gasteiger partial charge in [-0.3, -0.25) is 0 Å². The normalized spacial score (nSPS) is 20.3. The van der Waals surface area contributed by atoms with Crippen molar-refractivity contribution in [1.29, 1.82) is 0 Å². The lowest BCUT2D eigenvalue weighted by Gasteiger charge is -2.28. The van der Waals surface area contributed by atoms with Crippen LogP contribution in [0.5, 0.6) is 5.75 Å². The van der Waals surface area contributed by atoms with E-state index in [0.29, 0.717) is 12.2 Å². The van der Waals surface area contributed by atoms with Crippen molar-refractivity contribution in [2.24, 2.45) is 5.73 Å². The Hall–Kier alpha value is -1.17. The molecule has 2 atom stereocenters. The standard InChI is InChI=1S/C11H14FNO2.H3N/c12-8-2-4-10-7(5-8)1-3-11(15-10)9(14)6-13;/h2,4-5,9,11,14H,1,3,6,13H2;1H3. The van der Waals surface area contributed by atoms with Gasteiger partial charge in [0.15, 0.2) is 0 Å². The molecule has 2 unspecified atom stereocenters. The minimum absolute atomic E-state index is 0. The molecular weight excluding hydrogens is 211 g/mol. The highest BCUT2D eigenvalue weighted by Crippen LogP contribution is 2.29. The molecule has 1 aliphatic rings. The van der Waals surface area contributed by atoms with Crippen LogP contribution in [0, 0.1) is 5.82 Å². The van der Waals surface area contributed by atoms with Crippen LogP contribution < -0.4 is 16.6 Å². The van der Waals surface area contributed by atoms with E-state index in [1.54, 1.807) is 6.07 Å². The average Bonchev–Trinajstić information content (AvgIpc) is 2.27. The van der Waals surface area contributed by atoms with Crippen molar-refractivity contribution in [1.82, 2.24) is 6.15 Å². The van der Waals surface area contributed by atoms with Crippen LogP contribution in [0.2, 0.25) is 0 Å². The van der Waals surface area contributed by atoms with Crippen LogP contribution in [0.3, 0.4) is 0 Å². The monoisotopic (exact) mass is 228 g/mol. The first-order chi connectivity index (χ1) is 7.20. The van der Waals surface area contributed by atoms with E-state index in [2.05, 4.69) is 0 Å². The third-order valence-corrected chi connectivity index (χ3v) is 2.67. The number of nitrogens with two attached hydrogens (primary N) is 1. The smallest absolute Gasteiger partial charge is 0.126 e. The lowest BCUT2D eigenvalue weighted by atomic mass is 9.99. The van der Waals surface area contributed by atoms with Crippen LogP contribution in [0.4, 0.5) is 4.39 Å². The van der Waals surface area contributed by atoms with Crippen molar-refractivity contribution in [2.45, 2.75) is 25.0 Å². The molecule has 16 heavy (non-hydrogen) atoms. The van der Waals surface area contributed by atoms with E-state index in [0.717, 1.165) is 12.0 Å². The van der Waals surface area contributed by atoms with Crippen molar-refractivity contribution in [3.05, 3.63) is 29.6 Å². The summed E-state index contributed by atoms with van der Waals surface area (Å²) in [5.41, 5.74) is 6.21. The zero-order valence-electron chi connectivity index (χ0n) is 9.03. The molecule has 1 aliphatic heterocycles. The molecule has 1 aromatic carbocycles. The molecule has 1 heterocycles. The van der Waals surface area contributed by atoms with E-state index in [1.165, 1.54) is 12.1 Å². The Morgan fingerprint density at radius 2 is 2.31 bits per heavy atom. The third-order valence-electron chi connectivity index (χ3n) is 2.67. The van der Waals surface area contributed by atoms with Gasteiger partial charge in [0.25, 0.3) is 0 Å². The lowest BCUT2D eigenvalue weighted by Crippen LogP contribution is -2.39. The molecular formula is C11H17FN2O2. The summed E-state index contributed by atoms with van der Waals surface area (Å²) in [6, 6.07) is 4.43. The Labute approximate surface area is 93.8 Å². The molecule has 2 rings (SSSR count). The third kappa shape index (κ3) is 2.49. The van der Waals surface area contributed by atoms with Crippen molar-refractivity contribution >= 4 is 0 Å². The summed E-state index contributed by atoms with van der Waals surface area (Å²) in [7, 11) is 0. The molecule has 1 aromatic rings. The van der Waals surface area contributed by atoms with Crippen LogP contribution in [-0.2, 0) is 6.42 Å². The zero-order chi connectivity index (χ0) is 10.8. The number of ether oxygens (including phenoxy) is 1. The van der Waals surface area contributed by atoms with E-state index < -0.39 is 6.10 Å². The Morgan fingerprint density at radius 3 is 3.00 bits per heavy atom. The Morgan fingerprint density at radius 1 is 1.56 bits per heavy atom. The fraction of sp³-hybridized carbons (Fsp3) is 0.455. The van der Waals surface area contributed by atoms with Crippen molar-refractivity contribution < 1.29 is 14.2 Å². The van der Waals surface area contributed by atoms with Gasteiger partial charge in [0, 0.05) is 6.54 Å². The van der Waals surface area contributed by atoms with Crippen LogP contribution >= 0.6 is 0 Å². The molecule has 0 radical (unpaired) electrons. The zero-order valence-corrected chi connectivity index (χ0v) is 9.03. The van der Waals surface area contributed by atoms with Gasteiger partial charge >= 0.3 is 0 Å². The molecule has 0 aliphatic carbocycles. The molecule has 0 saturated carbocycles. The number of hydrogen-bond donors (Lipinski definition) is 3. The number of aliphatic hydroxyl groups excluding tert-OH is 1. The predicted molar refractivity (Wildman–Crippen MR) is 59.2 cm³/mol. The summed E-state index contributed by atoms with van der Waals surface area (Å²) < 4.78 is 18.4. The number of halogens is 1. The Bertz CT molecular complexity index is 360. The molecule has 0 amide bonds. The van der Waals surface area contributed by atoms with Gasteiger partial charge in [0.05, 0.1) is 0 Å². The fourth-order valence-corrected chi connectivity index (χ4v) is 1.80. The van der Waals surface area contributed by atoms with Gasteiger partial charge in [0.1, 0.15) is 23.8 Å². The fourth-order valence-electron chi connectivity index (χ4n) is 1.80. The molecule has 5 heteroatoms. The highest BCUT2D eigenvalue weighted by Gasteiger charge is 2.25. The van der Waals surface area contributed by atoms with Crippen molar-refractivity contribution in [3.63, 3.8) is 0 Å². The highest BCUT2D eigenvalue weighted by atomic mass is 19.1. The molecule has 0 bridgehead atoms. The molecule has 90 valence electrons. The van der Waals surface area contributed by atoms with E-state index in [-0.39, 0.29) is 24.6 Å².